The summed E-state index contributed by atoms with van der Waals surface area (Å²) in [4.78, 5) is 0. The minimum Gasteiger partial charge on any atom is -0.315 e. The molecule has 0 saturated heterocycles. The molecule has 0 aromatic heterocycles. The average molecular weight is 224 g/mol. The van der Waals surface area contributed by atoms with Gasteiger partial charge in [0.25, 0.3) is 0 Å². The molecule has 0 amide bonds. The highest BCUT2D eigenvalue weighted by Crippen LogP contribution is 2.35. The standard InChI is InChI=1S/C14H28N2/c1-15-13(11-7-3-4-8-11)14(16-2)12-9-5-6-10-12/h11-16H,3-10H2,1-2H3. The molecule has 0 radical (unpaired) electrons. The van der Waals surface area contributed by atoms with Crippen molar-refractivity contribution in [1.82, 2.24) is 10.6 Å². The fraction of sp³-hybridized carbons (Fsp3) is 1.00. The Kier molecular flexibility index (Phi) is 4.66. The summed E-state index contributed by atoms with van der Waals surface area (Å²) >= 11 is 0. The Morgan fingerprint density at radius 1 is 0.688 bits per heavy atom. The van der Waals surface area contributed by atoms with Crippen LogP contribution in [-0.2, 0) is 0 Å². The normalized spacial score (nSPS) is 27.4. The van der Waals surface area contributed by atoms with E-state index in [9.17, 15) is 0 Å². The van der Waals surface area contributed by atoms with Gasteiger partial charge in [0.05, 0.1) is 0 Å². The summed E-state index contributed by atoms with van der Waals surface area (Å²) in [6, 6.07) is 1.41. The number of rotatable bonds is 5. The van der Waals surface area contributed by atoms with Crippen LogP contribution in [0.1, 0.15) is 51.4 Å². The van der Waals surface area contributed by atoms with Gasteiger partial charge in [-0.3, -0.25) is 0 Å². The molecule has 2 atom stereocenters. The zero-order valence-electron chi connectivity index (χ0n) is 11.0. The van der Waals surface area contributed by atoms with Gasteiger partial charge in [0.15, 0.2) is 0 Å². The highest BCUT2D eigenvalue weighted by Gasteiger charge is 2.35. The largest absolute Gasteiger partial charge is 0.315 e. The molecule has 0 aliphatic heterocycles. The summed E-state index contributed by atoms with van der Waals surface area (Å²) in [6.07, 6.45) is 11.6. The van der Waals surface area contributed by atoms with Gasteiger partial charge >= 0.3 is 0 Å². The molecule has 2 unspecified atom stereocenters. The molecule has 2 aliphatic rings. The Balaban J connectivity index is 1.98. The quantitative estimate of drug-likeness (QED) is 0.750. The third-order valence-electron chi connectivity index (χ3n) is 4.87. The molecule has 2 fully saturated rings. The Hall–Kier alpha value is -0.0800. The van der Waals surface area contributed by atoms with Crippen molar-refractivity contribution in [3.8, 4) is 0 Å². The van der Waals surface area contributed by atoms with E-state index in [1.165, 1.54) is 51.4 Å². The van der Waals surface area contributed by atoms with Gasteiger partial charge in [0, 0.05) is 12.1 Å². The molecular formula is C14H28N2. The molecule has 0 aromatic carbocycles. The molecule has 2 aliphatic carbocycles. The topological polar surface area (TPSA) is 24.1 Å². The van der Waals surface area contributed by atoms with Gasteiger partial charge in [-0.2, -0.15) is 0 Å². The second-order valence-electron chi connectivity index (χ2n) is 5.72. The van der Waals surface area contributed by atoms with E-state index in [0.717, 1.165) is 11.8 Å². The monoisotopic (exact) mass is 224 g/mol. The van der Waals surface area contributed by atoms with Gasteiger partial charge in [0.1, 0.15) is 0 Å². The molecule has 0 bridgehead atoms. The van der Waals surface area contributed by atoms with Crippen molar-refractivity contribution in [2.24, 2.45) is 11.8 Å². The molecular weight excluding hydrogens is 196 g/mol. The van der Waals surface area contributed by atoms with Crippen LogP contribution in [0.25, 0.3) is 0 Å². The van der Waals surface area contributed by atoms with Crippen molar-refractivity contribution in [3.63, 3.8) is 0 Å². The molecule has 2 saturated carbocycles. The summed E-state index contributed by atoms with van der Waals surface area (Å²) in [5.41, 5.74) is 0. The van der Waals surface area contributed by atoms with Crippen LogP contribution >= 0.6 is 0 Å². The van der Waals surface area contributed by atoms with Crippen LogP contribution in [0.4, 0.5) is 0 Å². The summed E-state index contributed by atoms with van der Waals surface area (Å²) in [5, 5.41) is 7.22. The van der Waals surface area contributed by atoms with Crippen LogP contribution < -0.4 is 10.6 Å². The van der Waals surface area contributed by atoms with Gasteiger partial charge in [-0.1, -0.05) is 25.7 Å². The first-order valence-electron chi connectivity index (χ1n) is 7.21. The fourth-order valence-electron chi connectivity index (χ4n) is 4.05. The van der Waals surface area contributed by atoms with E-state index in [4.69, 9.17) is 0 Å². The van der Waals surface area contributed by atoms with E-state index in [2.05, 4.69) is 24.7 Å². The van der Waals surface area contributed by atoms with E-state index in [1.54, 1.807) is 0 Å². The first-order chi connectivity index (χ1) is 7.86. The van der Waals surface area contributed by atoms with Gasteiger partial charge < -0.3 is 10.6 Å². The maximum atomic E-state index is 3.61. The average Bonchev–Trinajstić information content (AvgIpc) is 2.97. The molecule has 2 N–H and O–H groups in total. The minimum absolute atomic E-state index is 0.704. The molecule has 2 nitrogen and oxygen atoms in total. The van der Waals surface area contributed by atoms with Crippen LogP contribution in [0.3, 0.4) is 0 Å². The first-order valence-corrected chi connectivity index (χ1v) is 7.21. The zero-order valence-corrected chi connectivity index (χ0v) is 11.0. The number of hydrogen-bond donors (Lipinski definition) is 2. The Morgan fingerprint density at radius 2 is 1.00 bits per heavy atom. The molecule has 2 heteroatoms. The lowest BCUT2D eigenvalue weighted by Gasteiger charge is -2.35. The van der Waals surface area contributed by atoms with Crippen LogP contribution in [0.5, 0.6) is 0 Å². The Morgan fingerprint density at radius 3 is 1.25 bits per heavy atom. The third kappa shape index (κ3) is 2.60. The Bertz CT molecular complexity index is 171. The molecule has 0 heterocycles. The summed E-state index contributed by atoms with van der Waals surface area (Å²) < 4.78 is 0. The third-order valence-corrected chi connectivity index (χ3v) is 4.87. The summed E-state index contributed by atoms with van der Waals surface area (Å²) in [7, 11) is 4.31. The van der Waals surface area contributed by atoms with Crippen molar-refractivity contribution >= 4 is 0 Å². The van der Waals surface area contributed by atoms with Gasteiger partial charge in [-0.25, -0.2) is 0 Å². The van der Waals surface area contributed by atoms with Crippen molar-refractivity contribution in [2.75, 3.05) is 14.1 Å². The second kappa shape index (κ2) is 6.02. The summed E-state index contributed by atoms with van der Waals surface area (Å²) in [5.74, 6) is 1.84. The fourth-order valence-corrected chi connectivity index (χ4v) is 4.05. The van der Waals surface area contributed by atoms with E-state index in [1.807, 2.05) is 0 Å². The zero-order chi connectivity index (χ0) is 11.4. The van der Waals surface area contributed by atoms with Crippen molar-refractivity contribution in [1.29, 1.82) is 0 Å². The van der Waals surface area contributed by atoms with Crippen LogP contribution in [0, 0.1) is 11.8 Å². The Labute approximate surface area is 101 Å². The molecule has 94 valence electrons. The van der Waals surface area contributed by atoms with E-state index in [0.29, 0.717) is 12.1 Å². The lowest BCUT2D eigenvalue weighted by Crippen LogP contribution is -2.52. The lowest BCUT2D eigenvalue weighted by atomic mass is 9.84. The second-order valence-corrected chi connectivity index (χ2v) is 5.72. The highest BCUT2D eigenvalue weighted by atomic mass is 15.0. The van der Waals surface area contributed by atoms with Gasteiger partial charge in [-0.15, -0.1) is 0 Å². The van der Waals surface area contributed by atoms with Gasteiger partial charge in [0.2, 0.25) is 0 Å². The first kappa shape index (κ1) is 12.4. The predicted molar refractivity (Wildman–Crippen MR) is 69.6 cm³/mol. The van der Waals surface area contributed by atoms with Crippen molar-refractivity contribution in [2.45, 2.75) is 63.5 Å². The van der Waals surface area contributed by atoms with E-state index in [-0.39, 0.29) is 0 Å². The van der Waals surface area contributed by atoms with Gasteiger partial charge in [-0.05, 0) is 51.6 Å². The minimum atomic E-state index is 0.704. The maximum Gasteiger partial charge on any atom is 0.0248 e. The highest BCUT2D eigenvalue weighted by molar-refractivity contribution is 4.93. The molecule has 0 aromatic rings. The predicted octanol–water partition coefficient (Wildman–Crippen LogP) is 2.54. The van der Waals surface area contributed by atoms with Crippen molar-refractivity contribution < 1.29 is 0 Å². The molecule has 16 heavy (non-hydrogen) atoms. The SMILES string of the molecule is CNC(C1CCCC1)C(NC)C1CCCC1. The van der Waals surface area contributed by atoms with Crippen LogP contribution in [0.2, 0.25) is 0 Å². The van der Waals surface area contributed by atoms with E-state index >= 15 is 0 Å². The number of hydrogen-bond acceptors (Lipinski definition) is 2. The molecule has 0 spiro atoms. The maximum absolute atomic E-state index is 3.61. The number of nitrogens with one attached hydrogen (secondary N) is 2. The lowest BCUT2D eigenvalue weighted by molar-refractivity contribution is 0.236. The summed E-state index contributed by atoms with van der Waals surface area (Å²) in [6.45, 7) is 0. The van der Waals surface area contributed by atoms with Crippen LogP contribution in [0.15, 0.2) is 0 Å². The van der Waals surface area contributed by atoms with Crippen molar-refractivity contribution in [3.05, 3.63) is 0 Å². The molecule has 2 rings (SSSR count). The number of likely N-dealkylation sites (N-methyl/N-ethyl adjacent to an activating group) is 2. The van der Waals surface area contributed by atoms with Crippen LogP contribution in [-0.4, -0.2) is 26.2 Å². The smallest absolute Gasteiger partial charge is 0.0248 e. The van der Waals surface area contributed by atoms with E-state index < -0.39 is 0 Å².